The number of esters is 1. The van der Waals surface area contributed by atoms with Gasteiger partial charge in [-0.25, -0.2) is 0 Å². The molecule has 1 aromatic rings. The number of ether oxygens (including phenoxy) is 1. The van der Waals surface area contributed by atoms with Crippen LogP contribution in [0.15, 0.2) is 6.20 Å². The topological polar surface area (TPSA) is 56.1 Å². The van der Waals surface area contributed by atoms with Gasteiger partial charge in [-0.1, -0.05) is 6.92 Å². The largest absolute Gasteiger partial charge is 0.469 e. The Balaban J connectivity index is 2.81. The lowest BCUT2D eigenvalue weighted by Gasteiger charge is -2.16. The predicted molar refractivity (Wildman–Crippen MR) is 65.6 cm³/mol. The quantitative estimate of drug-likeness (QED) is 0.761. The Morgan fingerprint density at radius 1 is 1.65 bits per heavy atom. The molecule has 1 aromatic heterocycles. The highest BCUT2D eigenvalue weighted by Crippen LogP contribution is 2.20. The van der Waals surface area contributed by atoms with Gasteiger partial charge in [-0.05, 0) is 19.9 Å². The fraction of sp³-hybridized carbons (Fsp3) is 0.667. The molecule has 0 aliphatic carbocycles. The van der Waals surface area contributed by atoms with Gasteiger partial charge in [0.1, 0.15) is 0 Å². The zero-order valence-corrected chi connectivity index (χ0v) is 11.0. The number of hydrogen-bond acceptors (Lipinski definition) is 4. The van der Waals surface area contributed by atoms with Crippen molar-refractivity contribution < 1.29 is 9.53 Å². The molecule has 5 nitrogen and oxygen atoms in total. The smallest absolute Gasteiger partial charge is 0.307 e. The second-order valence-corrected chi connectivity index (χ2v) is 4.13. The normalized spacial score (nSPS) is 12.5. The highest BCUT2D eigenvalue weighted by Gasteiger charge is 2.19. The molecular formula is C12H21N3O2. The van der Waals surface area contributed by atoms with Crippen LogP contribution in [-0.2, 0) is 16.6 Å². The van der Waals surface area contributed by atoms with Gasteiger partial charge in [0.25, 0.3) is 0 Å². The van der Waals surface area contributed by atoms with E-state index in [0.29, 0.717) is 6.42 Å². The lowest BCUT2D eigenvalue weighted by atomic mass is 10.0. The Bertz CT molecular complexity index is 374. The molecule has 0 saturated carbocycles. The zero-order valence-electron chi connectivity index (χ0n) is 11.0. The van der Waals surface area contributed by atoms with Crippen molar-refractivity contribution in [1.29, 1.82) is 0 Å². The maximum atomic E-state index is 11.4. The second-order valence-electron chi connectivity index (χ2n) is 4.13. The highest BCUT2D eigenvalue weighted by atomic mass is 16.5. The Morgan fingerprint density at radius 3 is 2.82 bits per heavy atom. The maximum Gasteiger partial charge on any atom is 0.307 e. The Kier molecular flexibility index (Phi) is 5.15. The summed E-state index contributed by atoms with van der Waals surface area (Å²) in [4.78, 5) is 11.4. The molecular weight excluding hydrogens is 218 g/mol. The van der Waals surface area contributed by atoms with Gasteiger partial charge in [0.15, 0.2) is 0 Å². The van der Waals surface area contributed by atoms with Crippen molar-refractivity contribution in [2.75, 3.05) is 13.7 Å². The predicted octanol–water partition coefficient (Wildman–Crippen LogP) is 1.33. The van der Waals surface area contributed by atoms with E-state index in [1.54, 1.807) is 4.68 Å². The summed E-state index contributed by atoms with van der Waals surface area (Å²) in [7, 11) is 3.29. The average Bonchev–Trinajstić information content (AvgIpc) is 2.63. The molecule has 0 aromatic carbocycles. The third-order valence-electron chi connectivity index (χ3n) is 2.67. The van der Waals surface area contributed by atoms with Gasteiger partial charge in [-0.2, -0.15) is 5.10 Å². The number of carbonyl (C=O) groups excluding carboxylic acids is 1. The monoisotopic (exact) mass is 239 g/mol. The van der Waals surface area contributed by atoms with Crippen LogP contribution in [0, 0.1) is 6.92 Å². The molecule has 1 rings (SSSR count). The Morgan fingerprint density at radius 2 is 2.35 bits per heavy atom. The van der Waals surface area contributed by atoms with Crippen LogP contribution in [0.4, 0.5) is 0 Å². The molecule has 0 fully saturated rings. The number of aryl methyl sites for hydroxylation is 2. The van der Waals surface area contributed by atoms with Crippen LogP contribution >= 0.6 is 0 Å². The number of nitrogens with one attached hydrogen (secondary N) is 1. The third-order valence-corrected chi connectivity index (χ3v) is 2.67. The summed E-state index contributed by atoms with van der Waals surface area (Å²) >= 11 is 0. The Labute approximate surface area is 102 Å². The number of hydrogen-bond donors (Lipinski definition) is 1. The number of carbonyl (C=O) groups is 1. The first kappa shape index (κ1) is 13.7. The van der Waals surface area contributed by atoms with Gasteiger partial charge < -0.3 is 10.1 Å². The fourth-order valence-corrected chi connectivity index (χ4v) is 1.82. The minimum Gasteiger partial charge on any atom is -0.469 e. The van der Waals surface area contributed by atoms with E-state index in [9.17, 15) is 4.79 Å². The van der Waals surface area contributed by atoms with Crippen molar-refractivity contribution in [2.24, 2.45) is 7.05 Å². The van der Waals surface area contributed by atoms with Crippen molar-refractivity contribution in [2.45, 2.75) is 32.7 Å². The van der Waals surface area contributed by atoms with Crippen LogP contribution in [0.25, 0.3) is 0 Å². The van der Waals surface area contributed by atoms with E-state index in [0.717, 1.165) is 24.2 Å². The van der Waals surface area contributed by atoms with E-state index in [1.807, 2.05) is 20.2 Å². The molecule has 17 heavy (non-hydrogen) atoms. The van der Waals surface area contributed by atoms with Crippen molar-refractivity contribution in [3.63, 3.8) is 0 Å². The van der Waals surface area contributed by atoms with Gasteiger partial charge in [0, 0.05) is 24.8 Å². The molecule has 1 N–H and O–H groups in total. The summed E-state index contributed by atoms with van der Waals surface area (Å²) in [6.07, 6.45) is 3.31. The van der Waals surface area contributed by atoms with Gasteiger partial charge in [0.2, 0.25) is 0 Å². The van der Waals surface area contributed by atoms with Crippen molar-refractivity contribution in [1.82, 2.24) is 15.1 Å². The molecule has 0 saturated heterocycles. The molecule has 1 atom stereocenters. The standard InChI is InChI=1S/C12H21N3O2/c1-5-6-13-11(7-12(16)17-4)10-8-15(3)14-9(10)2/h8,11,13H,5-7H2,1-4H3. The van der Waals surface area contributed by atoms with Crippen LogP contribution in [0.3, 0.4) is 0 Å². The number of nitrogens with zero attached hydrogens (tertiary/aromatic N) is 2. The molecule has 1 heterocycles. The summed E-state index contributed by atoms with van der Waals surface area (Å²) in [6.45, 7) is 4.92. The first-order chi connectivity index (χ1) is 8.08. The minimum absolute atomic E-state index is 0.0175. The number of aromatic nitrogens is 2. The summed E-state index contributed by atoms with van der Waals surface area (Å²) in [6, 6.07) is -0.0175. The van der Waals surface area contributed by atoms with Crippen LogP contribution in [0.2, 0.25) is 0 Å². The molecule has 0 amide bonds. The lowest BCUT2D eigenvalue weighted by Crippen LogP contribution is -2.25. The van der Waals surface area contributed by atoms with Crippen molar-refractivity contribution in [3.8, 4) is 0 Å². The van der Waals surface area contributed by atoms with Crippen molar-refractivity contribution >= 4 is 5.97 Å². The number of methoxy groups -OCH3 is 1. The minimum atomic E-state index is -0.207. The molecule has 0 bridgehead atoms. The van der Waals surface area contributed by atoms with E-state index in [1.165, 1.54) is 7.11 Å². The Hall–Kier alpha value is -1.36. The van der Waals surface area contributed by atoms with Crippen LogP contribution < -0.4 is 5.32 Å². The molecule has 0 spiro atoms. The summed E-state index contributed by atoms with van der Waals surface area (Å²) < 4.78 is 6.49. The maximum absolute atomic E-state index is 11.4. The molecule has 96 valence electrons. The van der Waals surface area contributed by atoms with E-state index in [4.69, 9.17) is 4.74 Å². The average molecular weight is 239 g/mol. The first-order valence-corrected chi connectivity index (χ1v) is 5.88. The summed E-state index contributed by atoms with van der Waals surface area (Å²) in [5.41, 5.74) is 2.01. The third kappa shape index (κ3) is 3.85. The van der Waals surface area contributed by atoms with E-state index in [-0.39, 0.29) is 12.0 Å². The van der Waals surface area contributed by atoms with Crippen LogP contribution in [-0.4, -0.2) is 29.4 Å². The fourth-order valence-electron chi connectivity index (χ4n) is 1.82. The zero-order chi connectivity index (χ0) is 12.8. The van der Waals surface area contributed by atoms with Gasteiger partial charge in [-0.3, -0.25) is 9.48 Å². The summed E-state index contributed by atoms with van der Waals surface area (Å²) in [5, 5.41) is 7.65. The van der Waals surface area contributed by atoms with Gasteiger partial charge in [0.05, 0.1) is 19.2 Å². The van der Waals surface area contributed by atoms with E-state index in [2.05, 4.69) is 17.3 Å². The van der Waals surface area contributed by atoms with E-state index < -0.39 is 0 Å². The molecule has 0 aliphatic heterocycles. The van der Waals surface area contributed by atoms with E-state index >= 15 is 0 Å². The SMILES string of the molecule is CCCNC(CC(=O)OC)c1cn(C)nc1C. The lowest BCUT2D eigenvalue weighted by molar-refractivity contribution is -0.141. The summed E-state index contributed by atoms with van der Waals surface area (Å²) in [5.74, 6) is -0.207. The van der Waals surface area contributed by atoms with Crippen LogP contribution in [0.1, 0.15) is 37.1 Å². The second kappa shape index (κ2) is 6.39. The first-order valence-electron chi connectivity index (χ1n) is 5.88. The molecule has 5 heteroatoms. The van der Waals surface area contributed by atoms with Gasteiger partial charge >= 0.3 is 5.97 Å². The molecule has 0 aliphatic rings. The highest BCUT2D eigenvalue weighted by molar-refractivity contribution is 5.70. The van der Waals surface area contributed by atoms with Crippen LogP contribution in [0.5, 0.6) is 0 Å². The number of rotatable bonds is 6. The molecule has 0 radical (unpaired) electrons. The van der Waals surface area contributed by atoms with Crippen molar-refractivity contribution in [3.05, 3.63) is 17.5 Å². The molecule has 1 unspecified atom stereocenters. The van der Waals surface area contributed by atoms with Gasteiger partial charge in [-0.15, -0.1) is 0 Å².